The molecular formula is C10H10KNO5S2. The number of fused-ring (bicyclic) bond motifs is 1. The van der Waals surface area contributed by atoms with Gasteiger partial charge in [0.05, 0.1) is 23.2 Å². The Morgan fingerprint density at radius 2 is 2.21 bits per heavy atom. The summed E-state index contributed by atoms with van der Waals surface area (Å²) >= 11 is 0.991. The van der Waals surface area contributed by atoms with Crippen LogP contribution in [0.5, 0.6) is 0 Å². The zero-order valence-electron chi connectivity index (χ0n) is 10.5. The molecule has 2 aliphatic heterocycles. The van der Waals surface area contributed by atoms with Crippen molar-refractivity contribution in [1.82, 2.24) is 4.90 Å². The topological polar surface area (TPSA) is 94.6 Å². The van der Waals surface area contributed by atoms with Gasteiger partial charge in [0.2, 0.25) is 5.91 Å². The van der Waals surface area contributed by atoms with Crippen LogP contribution in [0, 0.1) is 0 Å². The maximum Gasteiger partial charge on any atom is 1.00 e. The van der Waals surface area contributed by atoms with Crippen LogP contribution in [0.1, 0.15) is 13.3 Å². The third-order valence-electron chi connectivity index (χ3n) is 2.77. The Bertz CT molecular complexity index is 492. The average Bonchev–Trinajstić information content (AvgIpc) is 2.48. The Labute approximate surface area is 159 Å². The van der Waals surface area contributed by atoms with Crippen LogP contribution < -0.4 is 56.5 Å². The predicted molar refractivity (Wildman–Crippen MR) is 63.4 cm³/mol. The van der Waals surface area contributed by atoms with E-state index in [-0.39, 0.29) is 79.5 Å². The van der Waals surface area contributed by atoms with Crippen molar-refractivity contribution in [2.75, 3.05) is 5.75 Å². The van der Waals surface area contributed by atoms with E-state index in [0.717, 1.165) is 16.7 Å². The summed E-state index contributed by atoms with van der Waals surface area (Å²) in [4.78, 5) is 34.4. The van der Waals surface area contributed by atoms with E-state index in [0.29, 0.717) is 0 Å². The summed E-state index contributed by atoms with van der Waals surface area (Å²) in [5, 5.41) is 10.4. The van der Waals surface area contributed by atoms with Crippen LogP contribution in [0.15, 0.2) is 11.0 Å². The summed E-state index contributed by atoms with van der Waals surface area (Å²) in [6.07, 6.45) is 1.56. The second-order valence-electron chi connectivity index (χ2n) is 3.89. The molecule has 3 atom stereocenters. The van der Waals surface area contributed by atoms with E-state index in [1.165, 1.54) is 13.0 Å². The van der Waals surface area contributed by atoms with Gasteiger partial charge in [0.1, 0.15) is 11.4 Å². The zero-order valence-corrected chi connectivity index (χ0v) is 15.2. The molecule has 0 aromatic rings. The number of thioether (sulfide) groups is 1. The van der Waals surface area contributed by atoms with Crippen LogP contribution in [0.4, 0.5) is 0 Å². The van der Waals surface area contributed by atoms with E-state index in [2.05, 4.69) is 0 Å². The molecule has 2 heterocycles. The second kappa shape index (κ2) is 6.97. The van der Waals surface area contributed by atoms with Crippen molar-refractivity contribution in [3.8, 4) is 0 Å². The Kier molecular flexibility index (Phi) is 6.43. The van der Waals surface area contributed by atoms with Gasteiger partial charge < -0.3 is 14.8 Å². The molecule has 2 fully saturated rings. The molecule has 3 unspecified atom stereocenters. The van der Waals surface area contributed by atoms with Gasteiger partial charge in [-0.3, -0.25) is 13.8 Å². The zero-order chi connectivity index (χ0) is 13.4. The van der Waals surface area contributed by atoms with Crippen LogP contribution in [0.25, 0.3) is 0 Å². The summed E-state index contributed by atoms with van der Waals surface area (Å²) in [6, 6.07) is -1.25. The smallest absolute Gasteiger partial charge is 0.547 e. The molecule has 19 heavy (non-hydrogen) atoms. The molecule has 0 radical (unpaired) electrons. The Morgan fingerprint density at radius 3 is 2.68 bits per heavy atom. The maximum absolute atomic E-state index is 12.0. The molecular weight excluding hydrogens is 317 g/mol. The van der Waals surface area contributed by atoms with Crippen molar-refractivity contribution in [2.45, 2.75) is 24.8 Å². The molecule has 0 aliphatic carbocycles. The minimum absolute atomic E-state index is 0. The standard InChI is InChI=1S/C10H11NO5S2.K/c1-5(12)17-3-2-6-9(10(14)15)11-7(13)4-8(11)18(6)16;/h2,8-9H,3-4H2,1H3,(H,14,15);/q;+1/p-1/b6-2-;. The van der Waals surface area contributed by atoms with E-state index < -0.39 is 28.2 Å². The number of amides is 1. The fraction of sp³-hybridized carbons (Fsp3) is 0.500. The molecule has 0 bridgehead atoms. The van der Waals surface area contributed by atoms with Gasteiger partial charge >= 0.3 is 51.4 Å². The summed E-state index contributed by atoms with van der Waals surface area (Å²) in [6.45, 7) is 1.39. The quantitative estimate of drug-likeness (QED) is 0.384. The molecule has 2 rings (SSSR count). The first kappa shape index (κ1) is 17.5. The van der Waals surface area contributed by atoms with Gasteiger partial charge in [-0.05, 0) is 0 Å². The first-order valence-electron chi connectivity index (χ1n) is 5.19. The van der Waals surface area contributed by atoms with E-state index in [4.69, 9.17) is 0 Å². The van der Waals surface area contributed by atoms with Crippen molar-refractivity contribution in [3.05, 3.63) is 11.0 Å². The Morgan fingerprint density at radius 1 is 1.58 bits per heavy atom. The van der Waals surface area contributed by atoms with Gasteiger partial charge in [-0.2, -0.15) is 0 Å². The van der Waals surface area contributed by atoms with Crippen molar-refractivity contribution in [2.24, 2.45) is 0 Å². The van der Waals surface area contributed by atoms with Crippen LogP contribution >= 0.6 is 11.8 Å². The van der Waals surface area contributed by atoms with Crippen LogP contribution in [-0.4, -0.2) is 43.3 Å². The molecule has 6 nitrogen and oxygen atoms in total. The average molecular weight is 327 g/mol. The van der Waals surface area contributed by atoms with Crippen molar-refractivity contribution in [3.63, 3.8) is 0 Å². The Balaban J connectivity index is 0.00000180. The summed E-state index contributed by atoms with van der Waals surface area (Å²) in [7, 11) is -1.51. The van der Waals surface area contributed by atoms with E-state index >= 15 is 0 Å². The SMILES string of the molecule is CC(=O)SC/C=C1/C(C(=O)[O-])N2C(=O)CC2S1=O.[K+]. The number of rotatable bonds is 3. The first-order valence-corrected chi connectivity index (χ1v) is 7.39. The minimum Gasteiger partial charge on any atom is -0.547 e. The largest absolute Gasteiger partial charge is 1.00 e. The van der Waals surface area contributed by atoms with Crippen molar-refractivity contribution >= 4 is 39.6 Å². The number of β-lactam (4-membered cyclic amide) rings is 1. The number of carboxylic acids is 1. The van der Waals surface area contributed by atoms with Gasteiger partial charge in [-0.1, -0.05) is 17.8 Å². The van der Waals surface area contributed by atoms with E-state index in [9.17, 15) is 23.7 Å². The maximum atomic E-state index is 12.0. The Hall–Kier alpha value is 0.486. The van der Waals surface area contributed by atoms with Crippen LogP contribution in [0.2, 0.25) is 0 Å². The van der Waals surface area contributed by atoms with Crippen molar-refractivity contribution < 1.29 is 75.1 Å². The van der Waals surface area contributed by atoms with Crippen molar-refractivity contribution in [1.29, 1.82) is 0 Å². The monoisotopic (exact) mass is 327 g/mol. The third kappa shape index (κ3) is 3.39. The molecule has 2 saturated heterocycles. The number of carbonyl (C=O) groups excluding carboxylic acids is 3. The predicted octanol–water partition coefficient (Wildman–Crippen LogP) is -4.41. The summed E-state index contributed by atoms with van der Waals surface area (Å²) in [5.74, 6) is -1.52. The van der Waals surface area contributed by atoms with Gasteiger partial charge in [-0.15, -0.1) is 0 Å². The minimum atomic E-state index is -1.51. The number of nitrogens with zero attached hydrogens (tertiary/aromatic N) is 1. The molecule has 9 heteroatoms. The molecule has 0 saturated carbocycles. The second-order valence-corrected chi connectivity index (χ2v) is 6.70. The van der Waals surface area contributed by atoms with Gasteiger partial charge in [0.25, 0.3) is 0 Å². The molecule has 0 aromatic carbocycles. The van der Waals surface area contributed by atoms with Crippen LogP contribution in [0.3, 0.4) is 0 Å². The molecule has 0 N–H and O–H groups in total. The number of hydrogen-bond acceptors (Lipinski definition) is 6. The van der Waals surface area contributed by atoms with E-state index in [1.54, 1.807) is 0 Å². The third-order valence-corrected chi connectivity index (χ3v) is 5.25. The summed E-state index contributed by atoms with van der Waals surface area (Å²) < 4.78 is 12.0. The normalized spacial score (nSPS) is 30.6. The van der Waals surface area contributed by atoms with Gasteiger partial charge in [0, 0.05) is 17.6 Å². The van der Waals surface area contributed by atoms with Crippen LogP contribution in [-0.2, 0) is 25.2 Å². The van der Waals surface area contributed by atoms with E-state index in [1.807, 2.05) is 0 Å². The summed E-state index contributed by atoms with van der Waals surface area (Å²) in [5.41, 5.74) is 0. The first-order chi connectivity index (χ1) is 8.43. The molecule has 0 spiro atoms. The number of aliphatic carboxylic acids is 1. The number of hydrogen-bond donors (Lipinski definition) is 0. The number of carbonyl (C=O) groups is 3. The van der Waals surface area contributed by atoms with Gasteiger partial charge in [0.15, 0.2) is 5.12 Å². The number of carboxylic acid groups (broad SMARTS) is 1. The fourth-order valence-corrected chi connectivity index (χ4v) is 4.29. The molecule has 1 amide bonds. The molecule has 0 aromatic heterocycles. The molecule has 2 aliphatic rings. The fourth-order valence-electron chi connectivity index (χ4n) is 1.96. The van der Waals surface area contributed by atoms with Gasteiger partial charge in [-0.25, -0.2) is 0 Å². The molecule has 98 valence electrons.